The van der Waals surface area contributed by atoms with Crippen molar-refractivity contribution in [1.29, 1.82) is 0 Å². The van der Waals surface area contributed by atoms with Gasteiger partial charge in [-0.05, 0) is 124 Å². The standard InChI is InChI=1S/C47H80O17/c1-22(2)10-9-14-47(8,58)23-11-16-46(7)31(23)24(49)18-29-44(5)15-13-30(43(3,4)28(44)12-17-45(29,46)6)63-42-39(64-41-38(57)35(54)33(52)26(19-48)61-41)36(55)34(53)27(62-42)21-60-40-37(56)32(51)25(50)20-59-40/h10,23-42,48-58H,9,11-21H2,1-8H3/t23-,24+,25-,26+,27+,28-,29+,30-,31-,32+,33+,34+,35-,36-,37-,38+,39+,40+,41-,42-,44-,45+,46+,47-/m0/s1. The van der Waals surface area contributed by atoms with E-state index in [1.54, 1.807) is 0 Å². The number of rotatable bonds is 12. The van der Waals surface area contributed by atoms with Crippen LogP contribution in [0.25, 0.3) is 0 Å². The highest BCUT2D eigenvalue weighted by Crippen LogP contribution is 2.76. The first-order valence-electron chi connectivity index (χ1n) is 23.8. The Labute approximate surface area is 377 Å². The summed E-state index contributed by atoms with van der Waals surface area (Å²) in [5.74, 6) is 0.241. The van der Waals surface area contributed by atoms with Crippen LogP contribution in [0.15, 0.2) is 11.6 Å². The summed E-state index contributed by atoms with van der Waals surface area (Å²) in [6.45, 7) is 16.1. The number of hydrogen-bond acceptors (Lipinski definition) is 17. The van der Waals surface area contributed by atoms with Crippen molar-refractivity contribution in [2.45, 2.75) is 217 Å². The molecule has 17 nitrogen and oxygen atoms in total. The van der Waals surface area contributed by atoms with E-state index in [0.717, 1.165) is 38.5 Å². The van der Waals surface area contributed by atoms with Gasteiger partial charge in [-0.25, -0.2) is 0 Å². The highest BCUT2D eigenvalue weighted by Gasteiger charge is 2.71. The third kappa shape index (κ3) is 8.71. The first-order chi connectivity index (χ1) is 29.8. The molecular weight excluding hydrogens is 836 g/mol. The summed E-state index contributed by atoms with van der Waals surface area (Å²) in [6.07, 6.45) is -13.9. The lowest BCUT2D eigenvalue weighted by atomic mass is 9.35. The van der Waals surface area contributed by atoms with Gasteiger partial charge in [0.25, 0.3) is 0 Å². The van der Waals surface area contributed by atoms with Gasteiger partial charge >= 0.3 is 0 Å². The molecule has 0 spiro atoms. The second kappa shape index (κ2) is 18.8. The van der Waals surface area contributed by atoms with E-state index in [2.05, 4.69) is 54.5 Å². The van der Waals surface area contributed by atoms with Crippen molar-refractivity contribution in [3.8, 4) is 0 Å². The van der Waals surface area contributed by atoms with Crippen LogP contribution in [0, 0.1) is 45.3 Å². The quantitative estimate of drug-likeness (QED) is 0.0946. The molecule has 0 amide bonds. The summed E-state index contributed by atoms with van der Waals surface area (Å²) in [7, 11) is 0. The molecule has 370 valence electrons. The first-order valence-corrected chi connectivity index (χ1v) is 23.8. The van der Waals surface area contributed by atoms with E-state index in [1.807, 2.05) is 6.92 Å². The average molecular weight is 917 g/mol. The van der Waals surface area contributed by atoms with E-state index < -0.39 is 122 Å². The Balaban J connectivity index is 1.12. The van der Waals surface area contributed by atoms with Gasteiger partial charge in [-0.15, -0.1) is 0 Å². The zero-order valence-corrected chi connectivity index (χ0v) is 39.0. The summed E-state index contributed by atoms with van der Waals surface area (Å²) in [4.78, 5) is 0. The van der Waals surface area contributed by atoms with Crippen molar-refractivity contribution in [2.24, 2.45) is 45.3 Å². The molecule has 0 radical (unpaired) electrons. The number of aliphatic hydroxyl groups excluding tert-OH is 10. The van der Waals surface area contributed by atoms with Crippen molar-refractivity contribution in [3.05, 3.63) is 11.6 Å². The van der Waals surface area contributed by atoms with Gasteiger partial charge in [-0.2, -0.15) is 0 Å². The van der Waals surface area contributed by atoms with E-state index >= 15 is 0 Å². The first kappa shape index (κ1) is 50.9. The summed E-state index contributed by atoms with van der Waals surface area (Å²) >= 11 is 0. The molecule has 64 heavy (non-hydrogen) atoms. The topological polar surface area (TPSA) is 278 Å². The second-order valence-electron chi connectivity index (χ2n) is 22.5. The molecule has 7 aliphatic rings. The summed E-state index contributed by atoms with van der Waals surface area (Å²) in [5.41, 5.74) is -0.714. The molecule has 17 heteroatoms. The molecule has 0 unspecified atom stereocenters. The van der Waals surface area contributed by atoms with E-state index in [1.165, 1.54) is 5.57 Å². The largest absolute Gasteiger partial charge is 0.394 e. The maximum absolute atomic E-state index is 12.3. The molecule has 7 rings (SSSR count). The number of aliphatic hydroxyl groups is 11. The second-order valence-corrected chi connectivity index (χ2v) is 22.5. The lowest BCUT2D eigenvalue weighted by Crippen LogP contribution is -2.68. The Kier molecular flexibility index (Phi) is 14.9. The number of ether oxygens (including phenoxy) is 6. The summed E-state index contributed by atoms with van der Waals surface area (Å²) < 4.78 is 36.1. The van der Waals surface area contributed by atoms with Crippen LogP contribution in [-0.2, 0) is 28.4 Å². The average Bonchev–Trinajstić information content (AvgIpc) is 3.62. The van der Waals surface area contributed by atoms with Gasteiger partial charge in [0.1, 0.15) is 67.1 Å². The van der Waals surface area contributed by atoms with Crippen LogP contribution in [0.1, 0.15) is 113 Å². The molecule has 0 bridgehead atoms. The van der Waals surface area contributed by atoms with Crippen LogP contribution in [0.5, 0.6) is 0 Å². The van der Waals surface area contributed by atoms with E-state index in [9.17, 15) is 56.2 Å². The number of allylic oxidation sites excluding steroid dienone is 2. The zero-order valence-electron chi connectivity index (χ0n) is 39.0. The molecule has 4 aliphatic carbocycles. The fourth-order valence-corrected chi connectivity index (χ4v) is 14.4. The maximum Gasteiger partial charge on any atom is 0.187 e. The monoisotopic (exact) mass is 917 g/mol. The Morgan fingerprint density at radius 3 is 2.00 bits per heavy atom. The SMILES string of the molecule is CC(C)=CCC[C@](C)(O)[C@H]1CC[C@]2(C)[C@@H]1[C@H](O)C[C@@H]1[C@@]3(C)CC[C@H](O[C@@H]4O[C@H](CO[C@H]5OC[C@H](O)[C@@H](O)[C@@H]5O)[C@@H](O)[C@H](O)[C@H]4O[C@@H]4O[C@H](CO)[C@@H](O)[C@H](O)[C@H]4O)C(C)(C)[C@@H]3CC[C@]12C. The molecule has 24 atom stereocenters. The van der Waals surface area contributed by atoms with Gasteiger partial charge in [-0.1, -0.05) is 46.3 Å². The lowest BCUT2D eigenvalue weighted by Gasteiger charge is -2.70. The van der Waals surface area contributed by atoms with Crippen molar-refractivity contribution in [3.63, 3.8) is 0 Å². The fourth-order valence-electron chi connectivity index (χ4n) is 14.4. The minimum absolute atomic E-state index is 0.0153. The molecule has 0 aromatic carbocycles. The third-order valence-electron chi connectivity index (χ3n) is 18.3. The van der Waals surface area contributed by atoms with Gasteiger partial charge in [0.2, 0.25) is 0 Å². The van der Waals surface area contributed by atoms with Crippen molar-refractivity contribution < 1.29 is 84.6 Å². The van der Waals surface area contributed by atoms with Crippen LogP contribution < -0.4 is 0 Å². The predicted molar refractivity (Wildman–Crippen MR) is 228 cm³/mol. The fraction of sp³-hybridized carbons (Fsp3) is 0.957. The molecule has 0 aromatic rings. The minimum atomic E-state index is -1.82. The highest BCUT2D eigenvalue weighted by atomic mass is 16.8. The van der Waals surface area contributed by atoms with Gasteiger partial charge in [0.05, 0.1) is 37.6 Å². The van der Waals surface area contributed by atoms with Gasteiger partial charge < -0.3 is 84.6 Å². The maximum atomic E-state index is 12.3. The Morgan fingerprint density at radius 2 is 1.33 bits per heavy atom. The van der Waals surface area contributed by atoms with Crippen LogP contribution in [-0.4, -0.2) is 180 Å². The Hall–Kier alpha value is -0.940. The third-order valence-corrected chi connectivity index (χ3v) is 18.3. The van der Waals surface area contributed by atoms with Crippen LogP contribution >= 0.6 is 0 Å². The van der Waals surface area contributed by atoms with E-state index in [-0.39, 0.29) is 46.5 Å². The summed E-state index contributed by atoms with van der Waals surface area (Å²) in [5, 5.41) is 120. The van der Waals surface area contributed by atoms with Crippen LogP contribution in [0.4, 0.5) is 0 Å². The zero-order chi connectivity index (χ0) is 47.1. The predicted octanol–water partition coefficient (Wildman–Crippen LogP) is 0.612. The van der Waals surface area contributed by atoms with E-state index in [4.69, 9.17) is 28.4 Å². The molecule has 11 N–H and O–H groups in total. The van der Waals surface area contributed by atoms with Crippen molar-refractivity contribution in [2.75, 3.05) is 19.8 Å². The van der Waals surface area contributed by atoms with Crippen LogP contribution in [0.3, 0.4) is 0 Å². The lowest BCUT2D eigenvalue weighted by molar-refractivity contribution is -0.382. The Morgan fingerprint density at radius 1 is 0.688 bits per heavy atom. The molecule has 3 heterocycles. The van der Waals surface area contributed by atoms with Gasteiger partial charge in [0, 0.05) is 0 Å². The number of hydrogen-bond donors (Lipinski definition) is 11. The summed E-state index contributed by atoms with van der Waals surface area (Å²) in [6, 6.07) is 0. The Bertz CT molecular complexity index is 1620. The normalized spacial score (nSPS) is 52.5. The minimum Gasteiger partial charge on any atom is -0.394 e. The molecule has 7 fully saturated rings. The molecule has 3 saturated heterocycles. The highest BCUT2D eigenvalue weighted by molar-refractivity contribution is 5.20. The van der Waals surface area contributed by atoms with Gasteiger partial charge in [-0.3, -0.25) is 0 Å². The van der Waals surface area contributed by atoms with Gasteiger partial charge in [0.15, 0.2) is 18.9 Å². The van der Waals surface area contributed by atoms with E-state index in [0.29, 0.717) is 19.3 Å². The molecule has 0 aromatic heterocycles. The van der Waals surface area contributed by atoms with Crippen LogP contribution in [0.2, 0.25) is 0 Å². The van der Waals surface area contributed by atoms with Crippen molar-refractivity contribution in [1.82, 2.24) is 0 Å². The smallest absolute Gasteiger partial charge is 0.187 e. The van der Waals surface area contributed by atoms with Crippen molar-refractivity contribution >= 4 is 0 Å². The number of fused-ring (bicyclic) bond motifs is 5. The molecule has 3 aliphatic heterocycles. The molecular formula is C47H80O17. The molecule has 4 saturated carbocycles.